The lowest BCUT2D eigenvalue weighted by atomic mass is 9.95. The van der Waals surface area contributed by atoms with E-state index in [-0.39, 0.29) is 12.3 Å². The first-order valence-electron chi connectivity index (χ1n) is 7.18. The maximum atomic E-state index is 12.6. The van der Waals surface area contributed by atoms with Crippen LogP contribution in [0.2, 0.25) is 0 Å². The van der Waals surface area contributed by atoms with Crippen molar-refractivity contribution < 1.29 is 9.53 Å². The predicted octanol–water partition coefficient (Wildman–Crippen LogP) is 2.98. The largest absolute Gasteiger partial charge is 0.462 e. The lowest BCUT2D eigenvalue weighted by molar-refractivity contribution is 0.0529. The number of pyridine rings is 1. The zero-order valence-electron chi connectivity index (χ0n) is 12.8. The maximum Gasteiger partial charge on any atom is 0.339 e. The minimum atomic E-state index is -0.486. The van der Waals surface area contributed by atoms with Crippen LogP contribution in [-0.4, -0.2) is 27.8 Å². The molecule has 6 nitrogen and oxygen atoms in total. The molecule has 2 aromatic heterocycles. The number of esters is 1. The molecule has 0 fully saturated rings. The smallest absolute Gasteiger partial charge is 0.339 e. The highest BCUT2D eigenvalue weighted by molar-refractivity contribution is 6.10. The van der Waals surface area contributed by atoms with E-state index in [9.17, 15) is 10.1 Å². The molecular weight excluding hydrogens is 292 g/mol. The molecule has 0 spiro atoms. The van der Waals surface area contributed by atoms with Gasteiger partial charge in [0.15, 0.2) is 11.3 Å². The van der Waals surface area contributed by atoms with Crippen molar-refractivity contribution in [3.63, 3.8) is 0 Å². The Labute approximate surface area is 132 Å². The Morgan fingerprint density at radius 3 is 2.74 bits per heavy atom. The van der Waals surface area contributed by atoms with E-state index in [2.05, 4.69) is 21.3 Å². The number of carbonyl (C=O) groups is 1. The highest BCUT2D eigenvalue weighted by Gasteiger charge is 2.25. The fraction of sp³-hybridized carbons (Fsp3) is 0.176. The number of hydrogen-bond acceptors (Lipinski definition) is 5. The predicted molar refractivity (Wildman–Crippen MR) is 84.7 cm³/mol. The lowest BCUT2D eigenvalue weighted by Gasteiger charge is -2.12. The van der Waals surface area contributed by atoms with Crippen molar-refractivity contribution in [2.24, 2.45) is 0 Å². The van der Waals surface area contributed by atoms with Crippen LogP contribution in [0.4, 0.5) is 0 Å². The molecule has 1 aromatic carbocycles. The molecule has 0 amide bonds. The summed E-state index contributed by atoms with van der Waals surface area (Å²) in [4.78, 5) is 16.9. The van der Waals surface area contributed by atoms with E-state index in [1.54, 1.807) is 13.8 Å². The van der Waals surface area contributed by atoms with Crippen molar-refractivity contribution in [2.75, 3.05) is 6.61 Å². The van der Waals surface area contributed by atoms with Crippen LogP contribution in [0.15, 0.2) is 30.3 Å². The number of benzene rings is 1. The summed E-state index contributed by atoms with van der Waals surface area (Å²) in [5, 5.41) is 16.9. The van der Waals surface area contributed by atoms with Gasteiger partial charge in [-0.3, -0.25) is 5.10 Å². The highest BCUT2D eigenvalue weighted by Crippen LogP contribution is 2.33. The Hall–Kier alpha value is -3.20. The quantitative estimate of drug-likeness (QED) is 0.751. The number of H-pyrrole nitrogens is 1. The molecule has 23 heavy (non-hydrogen) atoms. The summed E-state index contributed by atoms with van der Waals surface area (Å²) >= 11 is 0. The monoisotopic (exact) mass is 306 g/mol. The van der Waals surface area contributed by atoms with Gasteiger partial charge in [-0.2, -0.15) is 10.4 Å². The number of nitrogens with one attached hydrogen (secondary N) is 1. The molecule has 0 bridgehead atoms. The Kier molecular flexibility index (Phi) is 3.77. The van der Waals surface area contributed by atoms with Crippen LogP contribution in [0.25, 0.3) is 22.2 Å². The molecular formula is C17H14N4O2. The highest BCUT2D eigenvalue weighted by atomic mass is 16.5. The molecule has 0 aliphatic rings. The molecule has 6 heteroatoms. The maximum absolute atomic E-state index is 12.6. The van der Waals surface area contributed by atoms with Crippen molar-refractivity contribution in [3.05, 3.63) is 47.3 Å². The molecule has 3 aromatic rings. The summed E-state index contributed by atoms with van der Waals surface area (Å²) in [5.74, 6) is -0.486. The molecule has 3 rings (SSSR count). The van der Waals surface area contributed by atoms with Gasteiger partial charge in [-0.15, -0.1) is 0 Å². The standard InChI is InChI=1S/C17H14N4O2/c1-3-23-17(22)15-13-10(2)20-21-16(13)19-12(9-18)14(15)11-7-5-4-6-8-11/h4-8H,3H2,1-2H3,(H,19,20,21). The van der Waals surface area contributed by atoms with Gasteiger partial charge in [0.05, 0.1) is 17.6 Å². The van der Waals surface area contributed by atoms with Gasteiger partial charge in [0.1, 0.15) is 6.07 Å². The molecule has 2 heterocycles. The number of aromatic amines is 1. The van der Waals surface area contributed by atoms with Crippen molar-refractivity contribution in [1.82, 2.24) is 15.2 Å². The molecule has 0 atom stereocenters. The fourth-order valence-electron chi connectivity index (χ4n) is 2.58. The van der Waals surface area contributed by atoms with Crippen LogP contribution < -0.4 is 0 Å². The number of nitrogens with zero attached hydrogens (tertiary/aromatic N) is 3. The number of fused-ring (bicyclic) bond motifs is 1. The van der Waals surface area contributed by atoms with Gasteiger partial charge >= 0.3 is 5.97 Å². The molecule has 0 unspecified atom stereocenters. The van der Waals surface area contributed by atoms with Gasteiger partial charge < -0.3 is 4.74 Å². The number of aryl methyl sites for hydroxylation is 1. The molecule has 114 valence electrons. The number of hydrogen-bond donors (Lipinski definition) is 1. The van der Waals surface area contributed by atoms with E-state index in [4.69, 9.17) is 4.74 Å². The fourth-order valence-corrected chi connectivity index (χ4v) is 2.58. The van der Waals surface area contributed by atoms with E-state index in [0.29, 0.717) is 27.9 Å². The third kappa shape index (κ3) is 2.42. The van der Waals surface area contributed by atoms with Gasteiger partial charge in [0, 0.05) is 11.3 Å². The summed E-state index contributed by atoms with van der Waals surface area (Å²) in [5.41, 5.74) is 2.73. The summed E-state index contributed by atoms with van der Waals surface area (Å²) < 4.78 is 5.20. The Bertz CT molecular complexity index is 923. The van der Waals surface area contributed by atoms with E-state index in [0.717, 1.165) is 5.56 Å². The first-order chi connectivity index (χ1) is 11.2. The molecule has 0 radical (unpaired) electrons. The van der Waals surface area contributed by atoms with Gasteiger partial charge in [-0.1, -0.05) is 30.3 Å². The zero-order valence-corrected chi connectivity index (χ0v) is 12.8. The first kappa shape index (κ1) is 14.7. The van der Waals surface area contributed by atoms with Crippen LogP contribution in [0, 0.1) is 18.3 Å². The van der Waals surface area contributed by atoms with Crippen LogP contribution in [0.5, 0.6) is 0 Å². The van der Waals surface area contributed by atoms with Crippen molar-refractivity contribution in [2.45, 2.75) is 13.8 Å². The zero-order chi connectivity index (χ0) is 16.4. The summed E-state index contributed by atoms with van der Waals surface area (Å²) in [7, 11) is 0. The van der Waals surface area contributed by atoms with E-state index in [1.807, 2.05) is 30.3 Å². The second kappa shape index (κ2) is 5.89. The number of nitriles is 1. The van der Waals surface area contributed by atoms with Crippen molar-refractivity contribution >= 4 is 17.0 Å². The second-order valence-corrected chi connectivity index (χ2v) is 4.96. The van der Waals surface area contributed by atoms with E-state index < -0.39 is 5.97 Å². The van der Waals surface area contributed by atoms with E-state index in [1.165, 1.54) is 0 Å². The van der Waals surface area contributed by atoms with Gasteiger partial charge in [0.2, 0.25) is 0 Å². The number of aromatic nitrogens is 3. The average Bonchev–Trinajstić information content (AvgIpc) is 2.95. The molecule has 1 N–H and O–H groups in total. The minimum Gasteiger partial charge on any atom is -0.462 e. The third-order valence-electron chi connectivity index (χ3n) is 3.53. The van der Waals surface area contributed by atoms with Crippen LogP contribution >= 0.6 is 0 Å². The number of carbonyl (C=O) groups excluding carboxylic acids is 1. The summed E-state index contributed by atoms with van der Waals surface area (Å²) in [6.07, 6.45) is 0. The first-order valence-corrected chi connectivity index (χ1v) is 7.18. The van der Waals surface area contributed by atoms with Gasteiger partial charge in [0.25, 0.3) is 0 Å². The van der Waals surface area contributed by atoms with Gasteiger partial charge in [-0.25, -0.2) is 9.78 Å². The van der Waals surface area contributed by atoms with Crippen LogP contribution in [0.1, 0.15) is 28.7 Å². The molecule has 0 saturated heterocycles. The summed E-state index contributed by atoms with van der Waals surface area (Å²) in [6, 6.07) is 11.3. The third-order valence-corrected chi connectivity index (χ3v) is 3.53. The summed E-state index contributed by atoms with van der Waals surface area (Å²) in [6.45, 7) is 3.79. The Morgan fingerprint density at radius 1 is 1.35 bits per heavy atom. The second-order valence-electron chi connectivity index (χ2n) is 4.96. The lowest BCUT2D eigenvalue weighted by Crippen LogP contribution is -2.10. The van der Waals surface area contributed by atoms with Crippen molar-refractivity contribution in [1.29, 1.82) is 5.26 Å². The Balaban J connectivity index is 2.45. The van der Waals surface area contributed by atoms with E-state index >= 15 is 0 Å². The number of rotatable bonds is 3. The average molecular weight is 306 g/mol. The van der Waals surface area contributed by atoms with Crippen LogP contribution in [0.3, 0.4) is 0 Å². The van der Waals surface area contributed by atoms with Crippen LogP contribution in [-0.2, 0) is 4.74 Å². The minimum absolute atomic E-state index is 0.151. The number of ether oxygens (including phenoxy) is 1. The molecule has 0 saturated carbocycles. The SMILES string of the molecule is CCOC(=O)c1c(-c2ccccc2)c(C#N)nc2n[nH]c(C)c12. The molecule has 0 aliphatic heterocycles. The van der Waals surface area contributed by atoms with Gasteiger partial charge in [-0.05, 0) is 19.4 Å². The topological polar surface area (TPSA) is 91.7 Å². The normalized spacial score (nSPS) is 10.5. The molecule has 0 aliphatic carbocycles. The van der Waals surface area contributed by atoms with Crippen molar-refractivity contribution in [3.8, 4) is 17.2 Å². The Morgan fingerprint density at radius 2 is 2.09 bits per heavy atom.